The Hall–Kier alpha value is -3.60. The molecule has 1 aromatic carbocycles. The van der Waals surface area contributed by atoms with Gasteiger partial charge < -0.3 is 10.1 Å². The van der Waals surface area contributed by atoms with Crippen LogP contribution in [0.25, 0.3) is 21.2 Å². The summed E-state index contributed by atoms with van der Waals surface area (Å²) in [7, 11) is 1.26. The molecule has 11 heteroatoms. The molecule has 4 aromatic rings. The fourth-order valence-electron chi connectivity index (χ4n) is 3.31. The second kappa shape index (κ2) is 9.72. The van der Waals surface area contributed by atoms with Crippen LogP contribution >= 0.6 is 11.3 Å². The predicted molar refractivity (Wildman–Crippen MR) is 120 cm³/mol. The summed E-state index contributed by atoms with van der Waals surface area (Å²) in [6.07, 6.45) is -0.683. The molecule has 0 fully saturated rings. The molecule has 6 nitrogen and oxygen atoms in total. The van der Waals surface area contributed by atoms with Crippen LogP contribution in [0.1, 0.15) is 28.2 Å². The number of alkyl halides is 3. The van der Waals surface area contributed by atoms with Gasteiger partial charge in [-0.1, -0.05) is 29.5 Å². The average molecular weight is 490 g/mol. The normalized spacial score (nSPS) is 11.6. The Balaban J connectivity index is 1.46. The number of esters is 1. The highest BCUT2D eigenvalue weighted by atomic mass is 32.1. The van der Waals surface area contributed by atoms with Crippen molar-refractivity contribution in [1.82, 2.24) is 15.0 Å². The van der Waals surface area contributed by atoms with Gasteiger partial charge in [-0.05, 0) is 41.5 Å². The van der Waals surface area contributed by atoms with Crippen LogP contribution in [0.2, 0.25) is 0 Å². The summed E-state index contributed by atoms with van der Waals surface area (Å²) in [5.74, 6) is -1.20. The Morgan fingerprint density at radius 2 is 1.91 bits per heavy atom. The number of hydrogen-bond acceptors (Lipinski definition) is 7. The summed E-state index contributed by atoms with van der Waals surface area (Å²) in [5.41, 5.74) is 0.575. The maximum atomic E-state index is 13.5. The Kier molecular flexibility index (Phi) is 6.73. The summed E-state index contributed by atoms with van der Waals surface area (Å²) in [6.45, 7) is 0.475. The number of anilines is 1. The lowest BCUT2D eigenvalue weighted by Gasteiger charge is -2.07. The fourth-order valence-corrected chi connectivity index (χ4v) is 4.28. The number of aryl methyl sites for hydroxylation is 1. The van der Waals surface area contributed by atoms with Crippen molar-refractivity contribution >= 4 is 33.2 Å². The molecule has 0 aliphatic heterocycles. The second-order valence-corrected chi connectivity index (χ2v) is 8.34. The number of fused-ring (bicyclic) bond motifs is 1. The number of aromatic nitrogens is 3. The van der Waals surface area contributed by atoms with Gasteiger partial charge in [0, 0.05) is 30.4 Å². The third-order valence-corrected chi connectivity index (χ3v) is 6.05. The topological polar surface area (TPSA) is 77.0 Å². The van der Waals surface area contributed by atoms with E-state index in [4.69, 9.17) is 4.74 Å². The maximum absolute atomic E-state index is 13.5. The van der Waals surface area contributed by atoms with Crippen LogP contribution in [-0.4, -0.2) is 34.6 Å². The molecule has 0 amide bonds. The Morgan fingerprint density at radius 1 is 1.09 bits per heavy atom. The number of carbonyl (C=O) groups is 1. The number of pyridine rings is 2. The van der Waals surface area contributed by atoms with E-state index >= 15 is 0 Å². The van der Waals surface area contributed by atoms with Crippen molar-refractivity contribution < 1.29 is 27.1 Å². The lowest BCUT2D eigenvalue weighted by atomic mass is 10.1. The largest absolute Gasteiger partial charge is 0.464 e. The zero-order chi connectivity index (χ0) is 24.3. The number of halogens is 4. The minimum absolute atomic E-state index is 0.135. The van der Waals surface area contributed by atoms with Crippen molar-refractivity contribution in [2.24, 2.45) is 0 Å². The summed E-state index contributed by atoms with van der Waals surface area (Å²) in [6, 6.07) is 9.01. The lowest BCUT2D eigenvalue weighted by molar-refractivity contribution is -0.141. The standard InChI is InChI=1S/C23H18F4N4O2S/c1-33-21(32)19-20(14-5-6-15-12-30-18(24)10-16(15)9-14)34-22(31-19)28-8-2-3-13-4-7-17(29-11-13)23(25,26)27/h4-7,9-12H,2-3,8H2,1H3,(H,28,31). The molecule has 3 heterocycles. The van der Waals surface area contributed by atoms with Gasteiger partial charge in [0.15, 0.2) is 10.8 Å². The monoisotopic (exact) mass is 490 g/mol. The molecule has 0 bridgehead atoms. The molecular formula is C23H18F4N4O2S. The summed E-state index contributed by atoms with van der Waals surface area (Å²) < 4.78 is 56.3. The maximum Gasteiger partial charge on any atom is 0.433 e. The van der Waals surface area contributed by atoms with E-state index < -0.39 is 23.8 Å². The molecule has 0 saturated heterocycles. The van der Waals surface area contributed by atoms with Gasteiger partial charge in [-0.2, -0.15) is 17.6 Å². The van der Waals surface area contributed by atoms with E-state index in [0.717, 1.165) is 11.5 Å². The zero-order valence-corrected chi connectivity index (χ0v) is 18.6. The summed E-state index contributed by atoms with van der Waals surface area (Å²) in [4.78, 5) is 24.3. The number of benzene rings is 1. The highest BCUT2D eigenvalue weighted by Crippen LogP contribution is 2.35. The predicted octanol–water partition coefficient (Wildman–Crippen LogP) is 5.74. The van der Waals surface area contributed by atoms with Crippen molar-refractivity contribution in [1.29, 1.82) is 0 Å². The van der Waals surface area contributed by atoms with Crippen LogP contribution in [0, 0.1) is 5.95 Å². The van der Waals surface area contributed by atoms with Gasteiger partial charge in [0.25, 0.3) is 0 Å². The molecule has 0 aliphatic rings. The van der Waals surface area contributed by atoms with Gasteiger partial charge in [-0.3, -0.25) is 4.98 Å². The fraction of sp³-hybridized carbons (Fsp3) is 0.217. The first-order valence-electron chi connectivity index (χ1n) is 10.2. The Morgan fingerprint density at radius 3 is 2.62 bits per heavy atom. The molecule has 34 heavy (non-hydrogen) atoms. The number of thiazole rings is 1. The number of nitrogens with one attached hydrogen (secondary N) is 1. The summed E-state index contributed by atoms with van der Waals surface area (Å²) in [5, 5.41) is 5.01. The van der Waals surface area contributed by atoms with Crippen molar-refractivity contribution in [2.75, 3.05) is 19.0 Å². The van der Waals surface area contributed by atoms with Gasteiger partial charge in [0.2, 0.25) is 5.95 Å². The van der Waals surface area contributed by atoms with Gasteiger partial charge >= 0.3 is 12.1 Å². The van der Waals surface area contributed by atoms with E-state index in [-0.39, 0.29) is 5.69 Å². The highest BCUT2D eigenvalue weighted by Gasteiger charge is 2.32. The number of carbonyl (C=O) groups excluding carboxylic acids is 1. The van der Waals surface area contributed by atoms with E-state index in [1.165, 1.54) is 43.0 Å². The number of ether oxygens (including phenoxy) is 1. The molecule has 4 rings (SSSR count). The van der Waals surface area contributed by atoms with Crippen molar-refractivity contribution in [3.05, 3.63) is 71.7 Å². The first-order chi connectivity index (χ1) is 16.2. The van der Waals surface area contributed by atoms with Crippen LogP contribution in [0.15, 0.2) is 48.8 Å². The number of methoxy groups -OCH3 is 1. The molecule has 0 unspecified atom stereocenters. The van der Waals surface area contributed by atoms with Crippen molar-refractivity contribution in [2.45, 2.75) is 19.0 Å². The van der Waals surface area contributed by atoms with E-state index in [0.29, 0.717) is 45.9 Å². The molecule has 3 aromatic heterocycles. The molecule has 0 spiro atoms. The molecule has 176 valence electrons. The third kappa shape index (κ3) is 5.30. The number of rotatable bonds is 7. The van der Waals surface area contributed by atoms with Crippen LogP contribution in [0.4, 0.5) is 22.7 Å². The van der Waals surface area contributed by atoms with Gasteiger partial charge in [-0.15, -0.1) is 0 Å². The smallest absolute Gasteiger partial charge is 0.433 e. The molecule has 1 N–H and O–H groups in total. The van der Waals surface area contributed by atoms with Crippen LogP contribution in [0.5, 0.6) is 0 Å². The lowest BCUT2D eigenvalue weighted by Crippen LogP contribution is -2.08. The number of nitrogens with zero attached hydrogens (tertiary/aromatic N) is 3. The minimum Gasteiger partial charge on any atom is -0.464 e. The van der Waals surface area contributed by atoms with Gasteiger partial charge in [0.05, 0.1) is 12.0 Å². The van der Waals surface area contributed by atoms with E-state index in [1.54, 1.807) is 18.2 Å². The van der Waals surface area contributed by atoms with Crippen LogP contribution < -0.4 is 5.32 Å². The summed E-state index contributed by atoms with van der Waals surface area (Å²) >= 11 is 1.25. The minimum atomic E-state index is -4.46. The molecular weight excluding hydrogens is 472 g/mol. The van der Waals surface area contributed by atoms with E-state index in [2.05, 4.69) is 20.3 Å². The second-order valence-electron chi connectivity index (χ2n) is 7.34. The molecule has 0 saturated carbocycles. The third-order valence-electron chi connectivity index (χ3n) is 4.99. The van der Waals surface area contributed by atoms with Crippen LogP contribution in [-0.2, 0) is 17.3 Å². The number of hydrogen-bond donors (Lipinski definition) is 1. The Bertz CT molecular complexity index is 1320. The molecule has 0 aliphatic carbocycles. The van der Waals surface area contributed by atoms with Gasteiger partial charge in [0.1, 0.15) is 5.69 Å². The highest BCUT2D eigenvalue weighted by molar-refractivity contribution is 7.19. The Labute approximate surface area is 195 Å². The molecule has 0 atom stereocenters. The van der Waals surface area contributed by atoms with Crippen LogP contribution in [0.3, 0.4) is 0 Å². The first-order valence-corrected chi connectivity index (χ1v) is 11.0. The average Bonchev–Trinajstić information content (AvgIpc) is 3.25. The first kappa shape index (κ1) is 23.6. The SMILES string of the molecule is COC(=O)c1nc(NCCCc2ccc(C(F)(F)F)nc2)sc1-c1ccc2cnc(F)cc2c1. The van der Waals surface area contributed by atoms with Gasteiger partial charge in [-0.25, -0.2) is 14.8 Å². The van der Waals surface area contributed by atoms with Crippen molar-refractivity contribution in [3.8, 4) is 10.4 Å². The quantitative estimate of drug-likeness (QED) is 0.154. The van der Waals surface area contributed by atoms with E-state index in [9.17, 15) is 22.4 Å². The van der Waals surface area contributed by atoms with Crippen molar-refractivity contribution in [3.63, 3.8) is 0 Å². The zero-order valence-electron chi connectivity index (χ0n) is 17.8. The van der Waals surface area contributed by atoms with E-state index in [1.807, 2.05) is 0 Å². The molecule has 0 radical (unpaired) electrons.